The van der Waals surface area contributed by atoms with Gasteiger partial charge in [0.25, 0.3) is 0 Å². The van der Waals surface area contributed by atoms with Crippen LogP contribution in [0, 0.1) is 34.5 Å². The molecule has 0 unspecified atom stereocenters. The SMILES string of the molecule is COC1(OC)CC[C@@]2(C)[C@@H](CC[C@@H]3[C@H]4CCC[C@@]4(C)CC[C@H]32)C1. The summed E-state index contributed by atoms with van der Waals surface area (Å²) in [6, 6.07) is 0. The van der Waals surface area contributed by atoms with Gasteiger partial charge in [0.1, 0.15) is 0 Å². The molecule has 0 heterocycles. The van der Waals surface area contributed by atoms with E-state index in [-0.39, 0.29) is 5.79 Å². The number of hydrogen-bond acceptors (Lipinski definition) is 2. The van der Waals surface area contributed by atoms with E-state index in [9.17, 15) is 0 Å². The Morgan fingerprint density at radius 2 is 1.57 bits per heavy atom. The van der Waals surface area contributed by atoms with E-state index in [0.717, 1.165) is 36.5 Å². The lowest BCUT2D eigenvalue weighted by Crippen LogP contribution is -2.56. The van der Waals surface area contributed by atoms with Gasteiger partial charge < -0.3 is 9.47 Å². The Morgan fingerprint density at radius 3 is 2.30 bits per heavy atom. The predicted molar refractivity (Wildman–Crippen MR) is 93.1 cm³/mol. The summed E-state index contributed by atoms with van der Waals surface area (Å²) in [5.74, 6) is 3.49. The fourth-order valence-electron chi connectivity index (χ4n) is 7.64. The molecular formula is C21H36O2. The molecule has 2 heteroatoms. The van der Waals surface area contributed by atoms with Crippen LogP contribution in [0.25, 0.3) is 0 Å². The number of ether oxygens (including phenoxy) is 2. The van der Waals surface area contributed by atoms with Gasteiger partial charge in [0.2, 0.25) is 0 Å². The predicted octanol–water partition coefficient (Wildman–Crippen LogP) is 5.41. The zero-order valence-corrected chi connectivity index (χ0v) is 15.7. The highest BCUT2D eigenvalue weighted by Gasteiger charge is 2.59. The van der Waals surface area contributed by atoms with Gasteiger partial charge in [0.15, 0.2) is 5.79 Å². The molecule has 0 bridgehead atoms. The summed E-state index contributed by atoms with van der Waals surface area (Å²) >= 11 is 0. The molecule has 0 aliphatic heterocycles. The van der Waals surface area contributed by atoms with Gasteiger partial charge in [-0.3, -0.25) is 0 Å². The average molecular weight is 321 g/mol. The molecule has 0 aromatic heterocycles. The van der Waals surface area contributed by atoms with E-state index in [2.05, 4.69) is 13.8 Å². The van der Waals surface area contributed by atoms with E-state index in [1.165, 1.54) is 51.4 Å². The zero-order chi connectivity index (χ0) is 16.3. The minimum atomic E-state index is -0.298. The van der Waals surface area contributed by atoms with Crippen LogP contribution < -0.4 is 0 Å². The van der Waals surface area contributed by atoms with E-state index in [1.54, 1.807) is 0 Å². The van der Waals surface area contributed by atoms with E-state index in [1.807, 2.05) is 14.2 Å². The first-order chi connectivity index (χ1) is 11.0. The highest BCUT2D eigenvalue weighted by Crippen LogP contribution is 2.67. The first-order valence-electron chi connectivity index (χ1n) is 10.1. The van der Waals surface area contributed by atoms with Gasteiger partial charge in [-0.15, -0.1) is 0 Å². The van der Waals surface area contributed by atoms with Crippen LogP contribution in [0.3, 0.4) is 0 Å². The lowest BCUT2D eigenvalue weighted by molar-refractivity contribution is -0.261. The third-order valence-corrected chi connectivity index (χ3v) is 9.19. The Balaban J connectivity index is 1.59. The van der Waals surface area contributed by atoms with Crippen molar-refractivity contribution >= 4 is 0 Å². The quantitative estimate of drug-likeness (QED) is 0.633. The molecule has 0 aromatic rings. The Kier molecular flexibility index (Phi) is 3.89. The normalized spacial score (nSPS) is 51.7. The van der Waals surface area contributed by atoms with Crippen molar-refractivity contribution < 1.29 is 9.47 Å². The number of methoxy groups -OCH3 is 2. The van der Waals surface area contributed by atoms with E-state index >= 15 is 0 Å². The molecule has 132 valence electrons. The Labute approximate surface area is 142 Å². The molecule has 4 fully saturated rings. The molecule has 4 rings (SSSR count). The molecule has 6 atom stereocenters. The third-order valence-electron chi connectivity index (χ3n) is 9.19. The minimum absolute atomic E-state index is 0.298. The first-order valence-corrected chi connectivity index (χ1v) is 10.1. The lowest BCUT2D eigenvalue weighted by atomic mass is 9.45. The molecule has 0 N–H and O–H groups in total. The second-order valence-corrected chi connectivity index (χ2v) is 9.76. The lowest BCUT2D eigenvalue weighted by Gasteiger charge is -2.61. The van der Waals surface area contributed by atoms with E-state index < -0.39 is 0 Å². The summed E-state index contributed by atoms with van der Waals surface area (Å²) in [5.41, 5.74) is 1.22. The standard InChI is InChI=1S/C21H36O2/c1-19-10-5-6-17(19)16-8-7-15-14-21(22-3,23-4)13-12-20(15,2)18(16)9-11-19/h15-18H,5-14H2,1-4H3/t15-,16+,17+,18+,19-,20-/m0/s1. The molecule has 2 nitrogen and oxygen atoms in total. The molecular weight excluding hydrogens is 284 g/mol. The van der Waals surface area contributed by atoms with Crippen LogP contribution in [-0.4, -0.2) is 20.0 Å². The van der Waals surface area contributed by atoms with Gasteiger partial charge in [-0.25, -0.2) is 0 Å². The maximum absolute atomic E-state index is 5.82. The summed E-state index contributed by atoms with van der Waals surface area (Å²) in [7, 11) is 3.67. The van der Waals surface area contributed by atoms with Crippen LogP contribution in [0.1, 0.15) is 78.1 Å². The van der Waals surface area contributed by atoms with Crippen LogP contribution in [0.4, 0.5) is 0 Å². The van der Waals surface area contributed by atoms with Crippen molar-refractivity contribution in [1.29, 1.82) is 0 Å². The second kappa shape index (κ2) is 5.46. The van der Waals surface area contributed by atoms with E-state index in [0.29, 0.717) is 10.8 Å². The Bertz CT molecular complexity index is 457. The summed E-state index contributed by atoms with van der Waals surface area (Å²) in [5, 5.41) is 0. The Morgan fingerprint density at radius 1 is 0.783 bits per heavy atom. The van der Waals surface area contributed by atoms with Crippen molar-refractivity contribution in [2.24, 2.45) is 34.5 Å². The molecule has 0 spiro atoms. The summed E-state index contributed by atoms with van der Waals surface area (Å²) in [6.45, 7) is 5.23. The van der Waals surface area contributed by atoms with Crippen molar-refractivity contribution in [1.82, 2.24) is 0 Å². The maximum atomic E-state index is 5.82. The summed E-state index contributed by atoms with van der Waals surface area (Å²) in [6.07, 6.45) is 13.8. The van der Waals surface area contributed by atoms with Gasteiger partial charge in [-0.1, -0.05) is 20.3 Å². The smallest absolute Gasteiger partial charge is 0.167 e. The molecule has 4 aliphatic rings. The van der Waals surface area contributed by atoms with Gasteiger partial charge in [-0.05, 0) is 79.4 Å². The van der Waals surface area contributed by atoms with Crippen LogP contribution in [0.15, 0.2) is 0 Å². The van der Waals surface area contributed by atoms with Crippen LogP contribution in [0.5, 0.6) is 0 Å². The van der Waals surface area contributed by atoms with Gasteiger partial charge in [0, 0.05) is 27.1 Å². The van der Waals surface area contributed by atoms with Crippen molar-refractivity contribution in [2.45, 2.75) is 83.8 Å². The zero-order valence-electron chi connectivity index (χ0n) is 15.7. The van der Waals surface area contributed by atoms with Crippen molar-refractivity contribution in [2.75, 3.05) is 14.2 Å². The maximum Gasteiger partial charge on any atom is 0.167 e. The van der Waals surface area contributed by atoms with E-state index in [4.69, 9.17) is 9.47 Å². The minimum Gasteiger partial charge on any atom is -0.353 e. The molecule has 0 amide bonds. The second-order valence-electron chi connectivity index (χ2n) is 9.76. The van der Waals surface area contributed by atoms with Crippen LogP contribution >= 0.6 is 0 Å². The topological polar surface area (TPSA) is 18.5 Å². The number of hydrogen-bond donors (Lipinski definition) is 0. The fourth-order valence-corrected chi connectivity index (χ4v) is 7.64. The average Bonchev–Trinajstić information content (AvgIpc) is 2.96. The van der Waals surface area contributed by atoms with Gasteiger partial charge in [0.05, 0.1) is 0 Å². The monoisotopic (exact) mass is 320 g/mol. The molecule has 0 radical (unpaired) electrons. The third kappa shape index (κ3) is 2.27. The molecule has 0 saturated heterocycles. The van der Waals surface area contributed by atoms with Crippen molar-refractivity contribution in [3.05, 3.63) is 0 Å². The fraction of sp³-hybridized carbons (Fsp3) is 1.00. The molecule has 4 aliphatic carbocycles. The Hall–Kier alpha value is -0.0800. The highest BCUT2D eigenvalue weighted by atomic mass is 16.7. The van der Waals surface area contributed by atoms with Gasteiger partial charge >= 0.3 is 0 Å². The van der Waals surface area contributed by atoms with Crippen LogP contribution in [0.2, 0.25) is 0 Å². The van der Waals surface area contributed by atoms with Crippen molar-refractivity contribution in [3.8, 4) is 0 Å². The first kappa shape index (κ1) is 16.4. The molecule has 4 saturated carbocycles. The van der Waals surface area contributed by atoms with Gasteiger partial charge in [-0.2, -0.15) is 0 Å². The highest BCUT2D eigenvalue weighted by molar-refractivity contribution is 5.08. The largest absolute Gasteiger partial charge is 0.353 e. The van der Waals surface area contributed by atoms with Crippen molar-refractivity contribution in [3.63, 3.8) is 0 Å². The summed E-state index contributed by atoms with van der Waals surface area (Å²) < 4.78 is 11.6. The van der Waals surface area contributed by atoms with Crippen LogP contribution in [-0.2, 0) is 9.47 Å². The molecule has 0 aromatic carbocycles. The number of rotatable bonds is 2. The summed E-state index contributed by atoms with van der Waals surface area (Å²) in [4.78, 5) is 0. The molecule has 23 heavy (non-hydrogen) atoms. The number of fused-ring (bicyclic) bond motifs is 5.